The fourth-order valence-corrected chi connectivity index (χ4v) is 1.23. The number of nitrogens with two attached hydrogens (primary N) is 1. The van der Waals surface area contributed by atoms with Crippen molar-refractivity contribution in [3.63, 3.8) is 0 Å². The number of carbonyl (C=O) groups is 1. The molecule has 0 fully saturated rings. The summed E-state index contributed by atoms with van der Waals surface area (Å²) in [4.78, 5) is 10.6. The third-order valence-electron chi connectivity index (χ3n) is 1.93. The molecule has 0 aliphatic rings. The molecule has 1 aromatic carbocycles. The van der Waals surface area contributed by atoms with Crippen LogP contribution in [0.25, 0.3) is 0 Å². The van der Waals surface area contributed by atoms with Crippen molar-refractivity contribution in [2.24, 2.45) is 5.73 Å². The van der Waals surface area contributed by atoms with E-state index in [9.17, 15) is 18.0 Å². The van der Waals surface area contributed by atoms with Gasteiger partial charge in [-0.2, -0.15) is 0 Å². The second-order valence-electron chi connectivity index (χ2n) is 2.91. The molecule has 0 saturated carbocycles. The third kappa shape index (κ3) is 2.27. The number of carboxylic acid groups (broad SMARTS) is 1. The molecule has 1 atom stereocenters. The molecule has 1 rings (SSSR count). The molecule has 3 nitrogen and oxygen atoms in total. The molecule has 0 bridgehead atoms. The van der Waals surface area contributed by atoms with Crippen LogP contribution >= 0.6 is 0 Å². The summed E-state index contributed by atoms with van der Waals surface area (Å²) >= 11 is 0. The molecule has 1 unspecified atom stereocenters. The quantitative estimate of drug-likeness (QED) is 0.803. The lowest BCUT2D eigenvalue weighted by atomic mass is 9.98. The third-order valence-corrected chi connectivity index (χ3v) is 1.93. The van der Waals surface area contributed by atoms with Crippen LogP contribution in [0.4, 0.5) is 13.2 Å². The van der Waals surface area contributed by atoms with Crippen LogP contribution in [-0.2, 0) is 4.79 Å². The summed E-state index contributed by atoms with van der Waals surface area (Å²) in [6.07, 6.45) is 0. The van der Waals surface area contributed by atoms with E-state index in [0.29, 0.717) is 12.1 Å². The molecule has 82 valence electrons. The van der Waals surface area contributed by atoms with E-state index in [4.69, 9.17) is 10.8 Å². The highest BCUT2D eigenvalue weighted by Gasteiger charge is 2.26. The Labute approximate surface area is 83.3 Å². The normalized spacial score (nSPS) is 12.5. The maximum Gasteiger partial charge on any atom is 0.312 e. The van der Waals surface area contributed by atoms with E-state index >= 15 is 0 Å². The number of aliphatic carboxylic acids is 1. The highest BCUT2D eigenvalue weighted by Crippen LogP contribution is 2.23. The molecular formula is C9H8F3NO2. The fourth-order valence-electron chi connectivity index (χ4n) is 1.23. The first kappa shape index (κ1) is 11.5. The molecule has 0 aliphatic carbocycles. The van der Waals surface area contributed by atoms with Crippen LogP contribution in [0.1, 0.15) is 11.5 Å². The van der Waals surface area contributed by atoms with Gasteiger partial charge in [-0.3, -0.25) is 4.79 Å². The summed E-state index contributed by atoms with van der Waals surface area (Å²) in [7, 11) is 0. The summed E-state index contributed by atoms with van der Waals surface area (Å²) in [6, 6.07) is 0.841. The lowest BCUT2D eigenvalue weighted by Crippen LogP contribution is -2.23. The van der Waals surface area contributed by atoms with Gasteiger partial charge in [0.1, 0.15) is 17.5 Å². The maximum atomic E-state index is 13.1. The monoisotopic (exact) mass is 219 g/mol. The smallest absolute Gasteiger partial charge is 0.312 e. The van der Waals surface area contributed by atoms with E-state index in [1.54, 1.807) is 0 Å². The van der Waals surface area contributed by atoms with Crippen molar-refractivity contribution in [2.75, 3.05) is 6.54 Å². The zero-order valence-electron chi connectivity index (χ0n) is 7.51. The number of benzene rings is 1. The number of carboxylic acids is 1. The summed E-state index contributed by atoms with van der Waals surface area (Å²) in [6.45, 7) is -0.463. The van der Waals surface area contributed by atoms with Gasteiger partial charge in [-0.25, -0.2) is 13.2 Å². The van der Waals surface area contributed by atoms with Gasteiger partial charge in [-0.15, -0.1) is 0 Å². The fraction of sp³-hybridized carbons (Fsp3) is 0.222. The van der Waals surface area contributed by atoms with Gasteiger partial charge in [0.15, 0.2) is 0 Å². The van der Waals surface area contributed by atoms with Crippen LogP contribution in [-0.4, -0.2) is 17.6 Å². The molecule has 0 amide bonds. The maximum absolute atomic E-state index is 13.1. The van der Waals surface area contributed by atoms with Gasteiger partial charge in [0.2, 0.25) is 0 Å². The summed E-state index contributed by atoms with van der Waals surface area (Å²) < 4.78 is 38.7. The Balaban J connectivity index is 3.29. The van der Waals surface area contributed by atoms with Crippen molar-refractivity contribution < 1.29 is 23.1 Å². The first-order valence-corrected chi connectivity index (χ1v) is 4.04. The largest absolute Gasteiger partial charge is 0.481 e. The lowest BCUT2D eigenvalue weighted by molar-refractivity contribution is -0.138. The summed E-state index contributed by atoms with van der Waals surface area (Å²) in [5.74, 6) is -6.56. The van der Waals surface area contributed by atoms with Gasteiger partial charge in [0, 0.05) is 24.2 Å². The first-order valence-electron chi connectivity index (χ1n) is 4.04. The highest BCUT2D eigenvalue weighted by atomic mass is 19.1. The van der Waals surface area contributed by atoms with E-state index in [-0.39, 0.29) is 0 Å². The Morgan fingerprint density at radius 2 is 1.80 bits per heavy atom. The average molecular weight is 219 g/mol. The van der Waals surface area contributed by atoms with Gasteiger partial charge in [-0.1, -0.05) is 0 Å². The predicted molar refractivity (Wildman–Crippen MR) is 45.7 cm³/mol. The molecule has 1 aromatic rings. The van der Waals surface area contributed by atoms with E-state index in [1.165, 1.54) is 0 Å². The van der Waals surface area contributed by atoms with E-state index in [1.807, 2.05) is 0 Å². The zero-order chi connectivity index (χ0) is 11.6. The molecule has 0 heterocycles. The zero-order valence-corrected chi connectivity index (χ0v) is 7.51. The molecule has 0 aliphatic heterocycles. The second kappa shape index (κ2) is 4.31. The number of hydrogen-bond donors (Lipinski definition) is 2. The SMILES string of the molecule is NCC(C(=O)O)c1c(F)cc(F)cc1F. The van der Waals surface area contributed by atoms with Gasteiger partial charge in [-0.05, 0) is 0 Å². The first-order chi connectivity index (χ1) is 6.97. The van der Waals surface area contributed by atoms with Crippen molar-refractivity contribution in [2.45, 2.75) is 5.92 Å². The summed E-state index contributed by atoms with van der Waals surface area (Å²) in [5.41, 5.74) is 4.36. The van der Waals surface area contributed by atoms with Crippen molar-refractivity contribution >= 4 is 5.97 Å². The van der Waals surface area contributed by atoms with Crippen LogP contribution in [0.5, 0.6) is 0 Å². The molecule has 0 saturated heterocycles. The van der Waals surface area contributed by atoms with Crippen LogP contribution in [0.2, 0.25) is 0 Å². The van der Waals surface area contributed by atoms with Crippen molar-refractivity contribution in [1.29, 1.82) is 0 Å². The molecule has 3 N–H and O–H groups in total. The Bertz CT molecular complexity index is 372. The van der Waals surface area contributed by atoms with Gasteiger partial charge < -0.3 is 10.8 Å². The van der Waals surface area contributed by atoms with E-state index in [0.717, 1.165) is 0 Å². The van der Waals surface area contributed by atoms with Crippen LogP contribution in [0.3, 0.4) is 0 Å². The molecule has 6 heteroatoms. The topological polar surface area (TPSA) is 63.3 Å². The highest BCUT2D eigenvalue weighted by molar-refractivity contribution is 5.76. The molecule has 0 radical (unpaired) electrons. The summed E-state index contributed by atoms with van der Waals surface area (Å²) in [5, 5.41) is 8.64. The number of hydrogen-bond acceptors (Lipinski definition) is 2. The average Bonchev–Trinajstić information content (AvgIpc) is 2.09. The standard InChI is InChI=1S/C9H8F3NO2/c10-4-1-6(11)8(7(12)2-4)5(3-13)9(14)15/h1-2,5H,3,13H2,(H,14,15). The minimum atomic E-state index is -1.51. The van der Waals surface area contributed by atoms with E-state index < -0.39 is 41.4 Å². The van der Waals surface area contributed by atoms with Crippen molar-refractivity contribution in [1.82, 2.24) is 0 Å². The Morgan fingerprint density at radius 1 is 1.33 bits per heavy atom. The minimum Gasteiger partial charge on any atom is -0.481 e. The second-order valence-corrected chi connectivity index (χ2v) is 2.91. The minimum absolute atomic E-state index is 0.421. The van der Waals surface area contributed by atoms with Gasteiger partial charge in [0.05, 0.1) is 5.92 Å². The Kier molecular flexibility index (Phi) is 3.31. The molecule has 0 aromatic heterocycles. The predicted octanol–water partition coefficient (Wildman–Crippen LogP) is 1.23. The number of rotatable bonds is 3. The van der Waals surface area contributed by atoms with Crippen LogP contribution < -0.4 is 5.73 Å². The lowest BCUT2D eigenvalue weighted by Gasteiger charge is -2.11. The van der Waals surface area contributed by atoms with Crippen LogP contribution in [0, 0.1) is 17.5 Å². The van der Waals surface area contributed by atoms with Gasteiger partial charge >= 0.3 is 5.97 Å². The molecular weight excluding hydrogens is 211 g/mol. The molecule has 0 spiro atoms. The van der Waals surface area contributed by atoms with Crippen molar-refractivity contribution in [3.8, 4) is 0 Å². The van der Waals surface area contributed by atoms with Crippen molar-refractivity contribution in [3.05, 3.63) is 35.1 Å². The molecule has 15 heavy (non-hydrogen) atoms. The van der Waals surface area contributed by atoms with Gasteiger partial charge in [0.25, 0.3) is 0 Å². The van der Waals surface area contributed by atoms with Crippen LogP contribution in [0.15, 0.2) is 12.1 Å². The Hall–Kier alpha value is -1.56. The number of halogens is 3. The Morgan fingerprint density at radius 3 is 2.13 bits per heavy atom. The van der Waals surface area contributed by atoms with E-state index in [2.05, 4.69) is 0 Å².